The quantitative estimate of drug-likeness (QED) is 0.758. The third kappa shape index (κ3) is 6.64. The first-order chi connectivity index (χ1) is 9.93. The smallest absolute Gasteiger partial charge is 0.128 e. The fourth-order valence-electron chi connectivity index (χ4n) is 2.03. The molecule has 0 bridgehead atoms. The molecule has 1 N–H and O–H groups in total. The monoisotopic (exact) mass is 313 g/mol. The van der Waals surface area contributed by atoms with Crippen LogP contribution in [0.3, 0.4) is 0 Å². The average molecular weight is 314 g/mol. The van der Waals surface area contributed by atoms with Gasteiger partial charge in [-0.2, -0.15) is 0 Å². The van der Waals surface area contributed by atoms with Crippen molar-refractivity contribution in [1.82, 2.24) is 10.3 Å². The minimum atomic E-state index is 0.429. The molecule has 0 spiro atoms. The predicted octanol–water partition coefficient (Wildman–Crippen LogP) is 3.34. The van der Waals surface area contributed by atoms with Gasteiger partial charge in [-0.05, 0) is 17.5 Å². The van der Waals surface area contributed by atoms with Gasteiger partial charge >= 0.3 is 0 Å². The lowest BCUT2D eigenvalue weighted by molar-refractivity contribution is 0.204. The van der Waals surface area contributed by atoms with Crippen LogP contribution in [-0.4, -0.2) is 37.8 Å². The van der Waals surface area contributed by atoms with Gasteiger partial charge < -0.3 is 15.0 Å². The molecule has 0 aliphatic carbocycles. The summed E-state index contributed by atoms with van der Waals surface area (Å²) in [5.74, 6) is 1.53. The highest BCUT2D eigenvalue weighted by Crippen LogP contribution is 2.21. The summed E-state index contributed by atoms with van der Waals surface area (Å²) in [6.45, 7) is 11.9. The largest absolute Gasteiger partial charge is 0.383 e. The molecule has 0 aliphatic rings. The van der Waals surface area contributed by atoms with Gasteiger partial charge in [-0.15, -0.1) is 0 Å². The second-order valence-corrected chi connectivity index (χ2v) is 6.41. The van der Waals surface area contributed by atoms with Crippen LogP contribution in [0.25, 0.3) is 0 Å². The minimum absolute atomic E-state index is 0.429. The maximum Gasteiger partial charge on any atom is 0.128 e. The Morgan fingerprint density at radius 1 is 1.33 bits per heavy atom. The van der Waals surface area contributed by atoms with Crippen molar-refractivity contribution in [3.05, 3.63) is 22.8 Å². The lowest BCUT2D eigenvalue weighted by Gasteiger charge is -2.26. The molecular formula is C16H28ClN3O. The van der Waals surface area contributed by atoms with E-state index in [1.807, 2.05) is 0 Å². The SMILES string of the molecule is COCCN(CC(C)C)c1cc(CNC(C)C)c(Cl)cn1. The van der Waals surface area contributed by atoms with Crippen molar-refractivity contribution in [2.24, 2.45) is 5.92 Å². The van der Waals surface area contributed by atoms with Gasteiger partial charge in [0.2, 0.25) is 0 Å². The lowest BCUT2D eigenvalue weighted by Crippen LogP contribution is -2.32. The summed E-state index contributed by atoms with van der Waals surface area (Å²) >= 11 is 6.25. The van der Waals surface area contributed by atoms with Crippen molar-refractivity contribution in [3.63, 3.8) is 0 Å². The van der Waals surface area contributed by atoms with Crippen LogP contribution in [-0.2, 0) is 11.3 Å². The van der Waals surface area contributed by atoms with Gasteiger partial charge in [0.25, 0.3) is 0 Å². The summed E-state index contributed by atoms with van der Waals surface area (Å²) < 4.78 is 5.20. The zero-order chi connectivity index (χ0) is 15.8. The van der Waals surface area contributed by atoms with E-state index in [4.69, 9.17) is 16.3 Å². The molecule has 1 aromatic heterocycles. The van der Waals surface area contributed by atoms with Crippen molar-refractivity contribution in [2.75, 3.05) is 31.7 Å². The van der Waals surface area contributed by atoms with E-state index in [1.165, 1.54) is 0 Å². The molecule has 0 amide bonds. The van der Waals surface area contributed by atoms with Crippen molar-refractivity contribution in [3.8, 4) is 0 Å². The van der Waals surface area contributed by atoms with E-state index in [2.05, 4.69) is 49.0 Å². The van der Waals surface area contributed by atoms with Gasteiger partial charge in [0.05, 0.1) is 11.6 Å². The number of rotatable bonds is 9. The average Bonchev–Trinajstić information content (AvgIpc) is 2.42. The fraction of sp³-hybridized carbons (Fsp3) is 0.688. The summed E-state index contributed by atoms with van der Waals surface area (Å²) in [5.41, 5.74) is 1.08. The Hall–Kier alpha value is -0.840. The van der Waals surface area contributed by atoms with Crippen LogP contribution in [0.4, 0.5) is 5.82 Å². The highest BCUT2D eigenvalue weighted by Gasteiger charge is 2.12. The first-order valence-corrected chi connectivity index (χ1v) is 7.93. The van der Waals surface area contributed by atoms with Crippen molar-refractivity contribution in [1.29, 1.82) is 0 Å². The molecule has 120 valence electrons. The number of ether oxygens (including phenoxy) is 1. The third-order valence-corrected chi connectivity index (χ3v) is 3.44. The summed E-state index contributed by atoms with van der Waals surface area (Å²) in [6.07, 6.45) is 1.74. The van der Waals surface area contributed by atoms with E-state index in [1.54, 1.807) is 13.3 Å². The molecule has 4 nitrogen and oxygen atoms in total. The third-order valence-electron chi connectivity index (χ3n) is 3.10. The topological polar surface area (TPSA) is 37.4 Å². The van der Waals surface area contributed by atoms with Gasteiger partial charge in [0.1, 0.15) is 5.82 Å². The van der Waals surface area contributed by atoms with Gasteiger partial charge in [-0.3, -0.25) is 0 Å². The number of methoxy groups -OCH3 is 1. The number of anilines is 1. The Labute approximate surface area is 133 Å². The van der Waals surface area contributed by atoms with Gasteiger partial charge in [0, 0.05) is 39.0 Å². The van der Waals surface area contributed by atoms with E-state index < -0.39 is 0 Å². The van der Waals surface area contributed by atoms with Crippen LogP contribution in [0.2, 0.25) is 5.02 Å². The first-order valence-electron chi connectivity index (χ1n) is 7.55. The molecule has 0 saturated heterocycles. The lowest BCUT2D eigenvalue weighted by atomic mass is 10.2. The minimum Gasteiger partial charge on any atom is -0.383 e. The van der Waals surface area contributed by atoms with Gasteiger partial charge in [-0.25, -0.2) is 4.98 Å². The van der Waals surface area contributed by atoms with Crippen LogP contribution in [0, 0.1) is 5.92 Å². The predicted molar refractivity (Wildman–Crippen MR) is 90.1 cm³/mol. The van der Waals surface area contributed by atoms with E-state index in [0.29, 0.717) is 23.6 Å². The van der Waals surface area contributed by atoms with Crippen LogP contribution < -0.4 is 10.2 Å². The van der Waals surface area contributed by atoms with Crippen molar-refractivity contribution >= 4 is 17.4 Å². The Morgan fingerprint density at radius 2 is 2.05 bits per heavy atom. The molecule has 0 aliphatic heterocycles. The molecule has 0 saturated carbocycles. The number of hydrogen-bond acceptors (Lipinski definition) is 4. The molecule has 1 heterocycles. The molecule has 0 atom stereocenters. The molecule has 1 aromatic rings. The molecular weight excluding hydrogens is 286 g/mol. The number of pyridine rings is 1. The van der Waals surface area contributed by atoms with Gasteiger partial charge in [-0.1, -0.05) is 39.3 Å². The highest BCUT2D eigenvalue weighted by atomic mass is 35.5. The van der Waals surface area contributed by atoms with Gasteiger partial charge in [0.15, 0.2) is 0 Å². The van der Waals surface area contributed by atoms with Crippen molar-refractivity contribution in [2.45, 2.75) is 40.3 Å². The number of nitrogens with zero attached hydrogens (tertiary/aromatic N) is 2. The summed E-state index contributed by atoms with van der Waals surface area (Å²) in [5, 5.41) is 4.11. The standard InChI is InChI=1S/C16H28ClN3O/c1-12(2)11-20(6-7-21-5)16-8-14(9-18-13(3)4)15(17)10-19-16/h8,10,12-13,18H,6-7,9,11H2,1-5H3. The van der Waals surface area contributed by atoms with Crippen molar-refractivity contribution < 1.29 is 4.74 Å². The van der Waals surface area contributed by atoms with Crippen LogP contribution in [0.5, 0.6) is 0 Å². The van der Waals surface area contributed by atoms with E-state index >= 15 is 0 Å². The molecule has 0 aromatic carbocycles. The first kappa shape index (κ1) is 18.2. The number of aromatic nitrogens is 1. The zero-order valence-corrected chi connectivity index (χ0v) is 14.6. The molecule has 1 rings (SSSR count). The summed E-state index contributed by atoms with van der Waals surface area (Å²) in [6, 6.07) is 2.51. The number of nitrogens with one attached hydrogen (secondary N) is 1. The Balaban J connectivity index is 2.88. The Morgan fingerprint density at radius 3 is 2.62 bits per heavy atom. The number of hydrogen-bond donors (Lipinski definition) is 1. The van der Waals surface area contributed by atoms with Crippen LogP contribution in [0.15, 0.2) is 12.3 Å². The zero-order valence-electron chi connectivity index (χ0n) is 13.8. The fourth-order valence-corrected chi connectivity index (χ4v) is 2.20. The maximum absolute atomic E-state index is 6.25. The second-order valence-electron chi connectivity index (χ2n) is 6.00. The second kappa shape index (κ2) is 9.23. The van der Waals surface area contributed by atoms with E-state index in [0.717, 1.165) is 31.0 Å². The van der Waals surface area contributed by atoms with Crippen LogP contribution in [0.1, 0.15) is 33.3 Å². The Kier molecular flexibility index (Phi) is 8.01. The molecule has 0 radical (unpaired) electrons. The van der Waals surface area contributed by atoms with Crippen LogP contribution >= 0.6 is 11.6 Å². The molecule has 0 unspecified atom stereocenters. The molecule has 0 fully saturated rings. The van der Waals surface area contributed by atoms with E-state index in [-0.39, 0.29) is 0 Å². The highest BCUT2D eigenvalue weighted by molar-refractivity contribution is 6.31. The Bertz CT molecular complexity index is 424. The molecule has 21 heavy (non-hydrogen) atoms. The normalized spacial score (nSPS) is 11.4. The summed E-state index contributed by atoms with van der Waals surface area (Å²) in [7, 11) is 1.72. The summed E-state index contributed by atoms with van der Waals surface area (Å²) in [4.78, 5) is 6.74. The molecule has 5 heteroatoms. The van der Waals surface area contributed by atoms with E-state index in [9.17, 15) is 0 Å². The number of halogens is 1. The maximum atomic E-state index is 6.25.